The number of aliphatic hydroxyl groups is 1. The molecule has 0 spiro atoms. The zero-order valence-corrected chi connectivity index (χ0v) is 30.1. The fourth-order valence-corrected chi connectivity index (χ4v) is 6.96. The molecule has 0 radical (unpaired) electrons. The number of nitrogens with one attached hydrogen (secondary N) is 3. The van der Waals surface area contributed by atoms with E-state index in [0.717, 1.165) is 39.5 Å². The van der Waals surface area contributed by atoms with Crippen LogP contribution in [0.5, 0.6) is 0 Å². The molecule has 2 aromatic heterocycles. The molecule has 2 heterocycles. The van der Waals surface area contributed by atoms with Gasteiger partial charge in [0.2, 0.25) is 5.91 Å². The first kappa shape index (κ1) is 36.9. The number of thiazole rings is 2. The Morgan fingerprint density at radius 2 is 1.56 bits per heavy atom. The van der Waals surface area contributed by atoms with Crippen molar-refractivity contribution in [1.29, 1.82) is 0 Å². The highest BCUT2D eigenvalue weighted by Crippen LogP contribution is 2.29. The van der Waals surface area contributed by atoms with Crippen LogP contribution in [0.4, 0.5) is 9.59 Å². The summed E-state index contributed by atoms with van der Waals surface area (Å²) >= 11 is 3.00. The lowest BCUT2D eigenvalue weighted by molar-refractivity contribution is -0.124. The number of hydrogen-bond acceptors (Lipinski definition) is 9. The number of benzene rings is 2. The van der Waals surface area contributed by atoms with Crippen molar-refractivity contribution in [3.05, 3.63) is 104 Å². The first-order valence-corrected chi connectivity index (χ1v) is 18.8. The molecule has 1 fully saturated rings. The molecule has 50 heavy (non-hydrogen) atoms. The van der Waals surface area contributed by atoms with Gasteiger partial charge in [0, 0.05) is 35.6 Å². The topological polar surface area (TPSA) is 146 Å². The maximum atomic E-state index is 13.7. The summed E-state index contributed by atoms with van der Waals surface area (Å²) in [5.74, 6) is -0.166. The Bertz CT molecular complexity index is 1630. The molecule has 4 aromatic rings. The standard InChI is InChI=1S/C37H46N6O5S2/c1-25(2)35-40-30(23-49-35)20-43(31-15-16-31)36(46)42-33(21-44)34(45)39-28(17-26-9-5-3-6-10-26)13-14-29(18-27-11-7-4-8-12-27)41-37(47)48-22-32-19-38-24-50-32/h3-12,19,23-25,28-29,31,33,44H,13-18,20-22H2,1-2H3,(H,39,45)(H,41,47)(H,42,46)/t28-,29-,33+/m1/s1. The molecule has 4 amide bonds. The van der Waals surface area contributed by atoms with E-state index in [1.165, 1.54) is 11.3 Å². The van der Waals surface area contributed by atoms with Crippen LogP contribution in [0, 0.1) is 0 Å². The van der Waals surface area contributed by atoms with Crippen molar-refractivity contribution in [2.75, 3.05) is 6.61 Å². The van der Waals surface area contributed by atoms with Crippen LogP contribution >= 0.6 is 22.7 Å². The summed E-state index contributed by atoms with van der Waals surface area (Å²) in [5.41, 5.74) is 4.60. The van der Waals surface area contributed by atoms with Crippen LogP contribution in [0.3, 0.4) is 0 Å². The van der Waals surface area contributed by atoms with E-state index in [0.29, 0.717) is 38.1 Å². The lowest BCUT2D eigenvalue weighted by Crippen LogP contribution is -2.55. The summed E-state index contributed by atoms with van der Waals surface area (Å²) in [6.45, 7) is 4.10. The van der Waals surface area contributed by atoms with E-state index in [4.69, 9.17) is 4.74 Å². The third kappa shape index (κ3) is 11.6. The predicted octanol–water partition coefficient (Wildman–Crippen LogP) is 5.80. The fraction of sp³-hybridized carbons (Fsp3) is 0.432. The van der Waals surface area contributed by atoms with Crippen molar-refractivity contribution in [3.63, 3.8) is 0 Å². The first-order valence-electron chi connectivity index (χ1n) is 17.1. The smallest absolute Gasteiger partial charge is 0.407 e. The Morgan fingerprint density at radius 1 is 0.920 bits per heavy atom. The van der Waals surface area contributed by atoms with Crippen LogP contribution in [0.15, 0.2) is 77.8 Å². The average Bonchev–Trinajstić information content (AvgIpc) is 3.59. The summed E-state index contributed by atoms with van der Waals surface area (Å²) < 4.78 is 5.47. The van der Waals surface area contributed by atoms with Gasteiger partial charge in [0.25, 0.3) is 0 Å². The lowest BCUT2D eigenvalue weighted by atomic mass is 9.96. The van der Waals surface area contributed by atoms with Crippen LogP contribution < -0.4 is 16.0 Å². The molecule has 3 atom stereocenters. The highest BCUT2D eigenvalue weighted by molar-refractivity contribution is 7.09. The minimum atomic E-state index is -1.14. The van der Waals surface area contributed by atoms with Gasteiger partial charge < -0.3 is 30.7 Å². The van der Waals surface area contributed by atoms with E-state index >= 15 is 0 Å². The summed E-state index contributed by atoms with van der Waals surface area (Å²) in [5, 5.41) is 22.2. The number of urea groups is 1. The van der Waals surface area contributed by atoms with Crippen molar-refractivity contribution in [2.45, 2.75) is 95.6 Å². The Morgan fingerprint density at radius 3 is 2.10 bits per heavy atom. The highest BCUT2D eigenvalue weighted by atomic mass is 32.1. The molecule has 5 rings (SSSR count). The maximum absolute atomic E-state index is 13.7. The molecule has 13 heteroatoms. The first-order chi connectivity index (χ1) is 24.3. The number of carbonyl (C=O) groups excluding carboxylic acids is 3. The number of rotatable bonds is 18. The second-order valence-corrected chi connectivity index (χ2v) is 14.8. The molecular formula is C37H46N6O5S2. The quantitative estimate of drug-likeness (QED) is 0.102. The van der Waals surface area contributed by atoms with E-state index in [2.05, 4.69) is 39.8 Å². The SMILES string of the molecule is CC(C)c1nc(CN(C(=O)N[C@@H](CO)C(=O)N[C@H](CC[C@H](Cc2ccccc2)NC(=O)OCc2cncs2)Cc2ccccc2)C2CC2)cs1. The molecule has 0 bridgehead atoms. The van der Waals surface area contributed by atoms with Crippen molar-refractivity contribution >= 4 is 40.7 Å². The molecule has 2 aromatic carbocycles. The summed E-state index contributed by atoms with van der Waals surface area (Å²) in [4.78, 5) is 51.3. The second-order valence-electron chi connectivity index (χ2n) is 12.9. The molecule has 1 aliphatic carbocycles. The van der Waals surface area contributed by atoms with Crippen molar-refractivity contribution in [1.82, 2.24) is 30.8 Å². The molecule has 0 saturated heterocycles. The summed E-state index contributed by atoms with van der Waals surface area (Å²) in [6.07, 6.45) is 5.10. The van der Waals surface area contributed by atoms with Gasteiger partial charge in [-0.3, -0.25) is 9.78 Å². The second kappa shape index (κ2) is 18.6. The zero-order valence-electron chi connectivity index (χ0n) is 28.5. The van der Waals surface area contributed by atoms with E-state index in [1.807, 2.05) is 66.0 Å². The number of amides is 4. The Labute approximate surface area is 301 Å². The Balaban J connectivity index is 1.23. The normalized spacial score (nSPS) is 14.4. The van der Waals surface area contributed by atoms with Gasteiger partial charge in [0.15, 0.2) is 0 Å². The van der Waals surface area contributed by atoms with Crippen molar-refractivity contribution in [3.8, 4) is 0 Å². The van der Waals surface area contributed by atoms with E-state index in [-0.39, 0.29) is 24.7 Å². The third-order valence-corrected chi connectivity index (χ3v) is 10.4. The molecular weight excluding hydrogens is 673 g/mol. The van der Waals surface area contributed by atoms with Gasteiger partial charge in [0.05, 0.1) is 34.2 Å². The minimum Gasteiger partial charge on any atom is -0.444 e. The maximum Gasteiger partial charge on any atom is 0.407 e. The number of ether oxygens (including phenoxy) is 1. The number of carbonyl (C=O) groups is 3. The molecule has 0 unspecified atom stereocenters. The number of aromatic nitrogens is 2. The molecule has 0 aliphatic heterocycles. The zero-order chi connectivity index (χ0) is 35.3. The highest BCUT2D eigenvalue weighted by Gasteiger charge is 2.35. The predicted molar refractivity (Wildman–Crippen MR) is 195 cm³/mol. The average molecular weight is 719 g/mol. The number of hydrogen-bond donors (Lipinski definition) is 4. The number of nitrogens with zero attached hydrogens (tertiary/aromatic N) is 3. The van der Waals surface area contributed by atoms with E-state index in [9.17, 15) is 19.5 Å². The van der Waals surface area contributed by atoms with Gasteiger partial charge in [-0.15, -0.1) is 22.7 Å². The third-order valence-electron chi connectivity index (χ3n) is 8.45. The lowest BCUT2D eigenvalue weighted by Gasteiger charge is -2.27. The molecule has 266 valence electrons. The van der Waals surface area contributed by atoms with Crippen LogP contribution in [-0.2, 0) is 35.5 Å². The van der Waals surface area contributed by atoms with Crippen LogP contribution in [0.1, 0.15) is 72.2 Å². The molecule has 4 N–H and O–H groups in total. The number of alkyl carbamates (subject to hydrolysis) is 1. The largest absolute Gasteiger partial charge is 0.444 e. The van der Waals surface area contributed by atoms with E-state index < -0.39 is 30.7 Å². The minimum absolute atomic E-state index is 0.0788. The Hall–Kier alpha value is -4.33. The van der Waals surface area contributed by atoms with Gasteiger partial charge in [-0.05, 0) is 49.7 Å². The van der Waals surface area contributed by atoms with Crippen molar-refractivity contribution in [2.24, 2.45) is 0 Å². The summed E-state index contributed by atoms with van der Waals surface area (Å²) in [7, 11) is 0. The van der Waals surface area contributed by atoms with Gasteiger partial charge in [-0.25, -0.2) is 14.6 Å². The van der Waals surface area contributed by atoms with Gasteiger partial charge in [-0.2, -0.15) is 0 Å². The van der Waals surface area contributed by atoms with Gasteiger partial charge >= 0.3 is 12.1 Å². The molecule has 1 aliphatic rings. The molecule has 11 nitrogen and oxygen atoms in total. The number of aliphatic hydroxyl groups excluding tert-OH is 1. The monoisotopic (exact) mass is 718 g/mol. The summed E-state index contributed by atoms with van der Waals surface area (Å²) in [6, 6.07) is 17.6. The van der Waals surface area contributed by atoms with Gasteiger partial charge in [-0.1, -0.05) is 74.5 Å². The van der Waals surface area contributed by atoms with E-state index in [1.54, 1.807) is 27.9 Å². The fourth-order valence-electron chi connectivity index (χ4n) is 5.62. The van der Waals surface area contributed by atoms with Gasteiger partial charge in [0.1, 0.15) is 12.6 Å². The van der Waals surface area contributed by atoms with Crippen LogP contribution in [0.2, 0.25) is 0 Å². The van der Waals surface area contributed by atoms with Crippen LogP contribution in [0.25, 0.3) is 0 Å². The molecule has 1 saturated carbocycles. The van der Waals surface area contributed by atoms with Crippen LogP contribution in [-0.4, -0.2) is 68.8 Å². The Kier molecular flexibility index (Phi) is 13.7. The van der Waals surface area contributed by atoms with Crippen molar-refractivity contribution < 1.29 is 24.2 Å².